The van der Waals surface area contributed by atoms with E-state index in [4.69, 9.17) is 22.3 Å². The molecule has 1 heterocycles. The summed E-state index contributed by atoms with van der Waals surface area (Å²) in [6, 6.07) is 6.07. The number of benzene rings is 1. The molecule has 0 spiro atoms. The number of hydrogen-bond donors (Lipinski definition) is 1. The minimum absolute atomic E-state index is 0.365. The number of nitrogens with two attached hydrogens (primary N) is 1. The molecule has 0 fully saturated rings. The summed E-state index contributed by atoms with van der Waals surface area (Å²) in [5, 5.41) is 1.85. The van der Waals surface area contributed by atoms with Crippen molar-refractivity contribution < 1.29 is 0 Å². The lowest BCUT2D eigenvalue weighted by molar-refractivity contribution is 0.557. The fourth-order valence-electron chi connectivity index (χ4n) is 2.25. The zero-order valence-corrected chi connectivity index (χ0v) is 13.0. The van der Waals surface area contributed by atoms with Gasteiger partial charge in [-0.2, -0.15) is 0 Å². The summed E-state index contributed by atoms with van der Waals surface area (Å²) in [6.45, 7) is 10.3. The summed E-state index contributed by atoms with van der Waals surface area (Å²) in [5.74, 6) is 0.365. The van der Waals surface area contributed by atoms with Gasteiger partial charge in [0.2, 0.25) is 0 Å². The molecule has 102 valence electrons. The van der Waals surface area contributed by atoms with Gasteiger partial charge in [-0.1, -0.05) is 31.5 Å². The minimum Gasteiger partial charge on any atom is -0.322 e. The van der Waals surface area contributed by atoms with Crippen molar-refractivity contribution >= 4 is 22.5 Å². The van der Waals surface area contributed by atoms with Crippen molar-refractivity contribution in [3.63, 3.8) is 0 Å². The van der Waals surface area contributed by atoms with Crippen LogP contribution in [0.2, 0.25) is 5.02 Å². The number of pyridine rings is 1. The average Bonchev–Trinajstić information content (AvgIpc) is 2.31. The van der Waals surface area contributed by atoms with Crippen molar-refractivity contribution in [1.82, 2.24) is 4.98 Å². The lowest BCUT2D eigenvalue weighted by Crippen LogP contribution is -2.29. The molecule has 2 aromatic rings. The van der Waals surface area contributed by atoms with Gasteiger partial charge in [0.1, 0.15) is 0 Å². The van der Waals surface area contributed by atoms with Gasteiger partial charge in [-0.05, 0) is 49.9 Å². The first-order chi connectivity index (χ1) is 8.71. The molecule has 0 unspecified atom stereocenters. The molecule has 2 nitrogen and oxygen atoms in total. The smallest absolute Gasteiger partial charge is 0.0752 e. The Bertz CT molecular complexity index is 625. The van der Waals surface area contributed by atoms with E-state index in [0.29, 0.717) is 5.92 Å². The van der Waals surface area contributed by atoms with E-state index >= 15 is 0 Å². The fraction of sp³-hybridized carbons (Fsp3) is 0.438. The van der Waals surface area contributed by atoms with Gasteiger partial charge in [0.15, 0.2) is 0 Å². The van der Waals surface area contributed by atoms with E-state index < -0.39 is 5.54 Å². The Kier molecular flexibility index (Phi) is 3.59. The fourth-order valence-corrected chi connectivity index (χ4v) is 2.41. The maximum Gasteiger partial charge on any atom is 0.0752 e. The normalized spacial score (nSPS) is 12.4. The molecule has 2 rings (SSSR count). The molecule has 0 saturated carbocycles. The summed E-state index contributed by atoms with van der Waals surface area (Å²) in [4.78, 5) is 4.77. The predicted octanol–water partition coefficient (Wildman–Crippen LogP) is 4.51. The Morgan fingerprint density at radius 2 is 1.89 bits per heavy atom. The molecular weight excluding hydrogens is 256 g/mol. The van der Waals surface area contributed by atoms with Gasteiger partial charge >= 0.3 is 0 Å². The zero-order valence-electron chi connectivity index (χ0n) is 12.2. The number of fused-ring (bicyclic) bond motifs is 1. The van der Waals surface area contributed by atoms with Crippen LogP contribution in [0.4, 0.5) is 0 Å². The molecule has 0 radical (unpaired) electrons. The van der Waals surface area contributed by atoms with Crippen LogP contribution in [0.15, 0.2) is 18.2 Å². The van der Waals surface area contributed by atoms with E-state index in [-0.39, 0.29) is 0 Å². The molecule has 19 heavy (non-hydrogen) atoms. The lowest BCUT2D eigenvalue weighted by Gasteiger charge is -2.23. The Labute approximate surface area is 120 Å². The number of aryl methyl sites for hydroxylation is 1. The zero-order chi connectivity index (χ0) is 14.4. The topological polar surface area (TPSA) is 38.9 Å². The highest BCUT2D eigenvalue weighted by molar-refractivity contribution is 6.32. The molecule has 1 aromatic heterocycles. The van der Waals surface area contributed by atoms with Crippen LogP contribution in [0.5, 0.6) is 0 Å². The second kappa shape index (κ2) is 4.77. The standard InChI is InChI=1S/C16H21ClN2/c1-9(2)14-8-12(16(4,5)18)11-6-7-13(17)10(3)15(11)19-14/h6-9H,18H2,1-5H3. The summed E-state index contributed by atoms with van der Waals surface area (Å²) in [6.07, 6.45) is 0. The first kappa shape index (κ1) is 14.3. The Morgan fingerprint density at radius 1 is 1.26 bits per heavy atom. The van der Waals surface area contributed by atoms with Crippen molar-refractivity contribution in [3.05, 3.63) is 40.0 Å². The molecule has 0 bridgehead atoms. The SMILES string of the molecule is Cc1c(Cl)ccc2c(C(C)(C)N)cc(C(C)C)nc12. The second-order valence-electron chi connectivity index (χ2n) is 6.04. The third kappa shape index (κ3) is 2.60. The third-order valence-corrected chi connectivity index (χ3v) is 3.88. The van der Waals surface area contributed by atoms with E-state index in [1.165, 1.54) is 0 Å². The molecular formula is C16H21ClN2. The molecule has 3 heteroatoms. The van der Waals surface area contributed by atoms with Crippen LogP contribution < -0.4 is 5.73 Å². The maximum absolute atomic E-state index is 6.32. The summed E-state index contributed by atoms with van der Waals surface area (Å²) >= 11 is 6.21. The van der Waals surface area contributed by atoms with Gasteiger partial charge in [0.25, 0.3) is 0 Å². The number of aromatic nitrogens is 1. The lowest BCUT2D eigenvalue weighted by atomic mass is 9.89. The third-order valence-electron chi connectivity index (χ3n) is 3.47. The monoisotopic (exact) mass is 276 g/mol. The van der Waals surface area contributed by atoms with Crippen molar-refractivity contribution in [2.75, 3.05) is 0 Å². The molecule has 2 N–H and O–H groups in total. The maximum atomic E-state index is 6.32. The summed E-state index contributed by atoms with van der Waals surface area (Å²) in [7, 11) is 0. The number of nitrogens with zero attached hydrogens (tertiary/aromatic N) is 1. The first-order valence-electron chi connectivity index (χ1n) is 6.61. The molecule has 0 saturated heterocycles. The highest BCUT2D eigenvalue weighted by atomic mass is 35.5. The predicted molar refractivity (Wildman–Crippen MR) is 82.8 cm³/mol. The molecule has 0 aliphatic heterocycles. The van der Waals surface area contributed by atoms with Gasteiger partial charge in [-0.25, -0.2) is 0 Å². The first-order valence-corrected chi connectivity index (χ1v) is 6.98. The summed E-state index contributed by atoms with van der Waals surface area (Å²) in [5.41, 5.74) is 10.1. The highest BCUT2D eigenvalue weighted by Gasteiger charge is 2.21. The van der Waals surface area contributed by atoms with E-state index in [1.54, 1.807) is 0 Å². The Hall–Kier alpha value is -1.12. The Balaban J connectivity index is 2.90. The largest absolute Gasteiger partial charge is 0.322 e. The highest BCUT2D eigenvalue weighted by Crippen LogP contribution is 2.32. The van der Waals surface area contributed by atoms with E-state index in [1.807, 2.05) is 32.9 Å². The van der Waals surface area contributed by atoms with Crippen LogP contribution in [0.3, 0.4) is 0 Å². The van der Waals surface area contributed by atoms with Gasteiger partial charge in [-0.3, -0.25) is 4.98 Å². The van der Waals surface area contributed by atoms with Crippen molar-refractivity contribution in [1.29, 1.82) is 0 Å². The van der Waals surface area contributed by atoms with E-state index in [2.05, 4.69) is 19.9 Å². The van der Waals surface area contributed by atoms with Gasteiger partial charge in [0, 0.05) is 21.6 Å². The van der Waals surface area contributed by atoms with Crippen LogP contribution in [0.1, 0.15) is 50.4 Å². The van der Waals surface area contributed by atoms with Crippen molar-refractivity contribution in [2.24, 2.45) is 5.73 Å². The summed E-state index contributed by atoms with van der Waals surface area (Å²) < 4.78 is 0. The number of halogens is 1. The molecule has 0 amide bonds. The van der Waals surface area contributed by atoms with E-state index in [9.17, 15) is 0 Å². The molecule has 1 aromatic carbocycles. The van der Waals surface area contributed by atoms with Crippen LogP contribution in [-0.4, -0.2) is 4.98 Å². The van der Waals surface area contributed by atoms with Crippen molar-refractivity contribution in [3.8, 4) is 0 Å². The average molecular weight is 277 g/mol. The second-order valence-corrected chi connectivity index (χ2v) is 6.45. The van der Waals surface area contributed by atoms with Gasteiger partial charge < -0.3 is 5.73 Å². The van der Waals surface area contributed by atoms with Crippen LogP contribution in [0, 0.1) is 6.92 Å². The van der Waals surface area contributed by atoms with Gasteiger partial charge in [0.05, 0.1) is 5.52 Å². The number of hydrogen-bond acceptors (Lipinski definition) is 2. The van der Waals surface area contributed by atoms with Crippen LogP contribution >= 0.6 is 11.6 Å². The quantitative estimate of drug-likeness (QED) is 0.876. The molecule has 0 aliphatic carbocycles. The minimum atomic E-state index is -0.398. The molecule has 0 aliphatic rings. The van der Waals surface area contributed by atoms with Crippen molar-refractivity contribution in [2.45, 2.75) is 46.1 Å². The van der Waals surface area contributed by atoms with Crippen LogP contribution in [-0.2, 0) is 5.54 Å². The number of rotatable bonds is 2. The molecule has 0 atom stereocenters. The van der Waals surface area contributed by atoms with Crippen LogP contribution in [0.25, 0.3) is 10.9 Å². The Morgan fingerprint density at radius 3 is 2.42 bits per heavy atom. The van der Waals surface area contributed by atoms with E-state index in [0.717, 1.165) is 32.7 Å². The van der Waals surface area contributed by atoms with Gasteiger partial charge in [-0.15, -0.1) is 0 Å².